The minimum atomic E-state index is -0.337. The third-order valence-corrected chi connectivity index (χ3v) is 4.22. The molecule has 0 spiro atoms. The van der Waals surface area contributed by atoms with E-state index < -0.39 is 0 Å². The Bertz CT molecular complexity index is 862. The van der Waals surface area contributed by atoms with Crippen LogP contribution >= 0.6 is 11.6 Å². The van der Waals surface area contributed by atoms with Crippen molar-refractivity contribution in [3.63, 3.8) is 0 Å². The maximum absolute atomic E-state index is 12.4. The van der Waals surface area contributed by atoms with Gasteiger partial charge in [0.1, 0.15) is 5.75 Å². The zero-order valence-electron chi connectivity index (χ0n) is 12.3. The standard InChI is InChI=1S/C18H11ClN2O3/c19-11-5-1-9(2-6-11)15-13-14(18(24)20-15)16(21-17(13)23)10-3-7-12(22)8-4-10/h1-8,22H,(H,20,24)(H,21,23). The molecule has 6 heteroatoms. The smallest absolute Gasteiger partial charge is 0.258 e. The zero-order chi connectivity index (χ0) is 16.8. The molecule has 118 valence electrons. The summed E-state index contributed by atoms with van der Waals surface area (Å²) in [5.41, 5.74) is 2.91. The van der Waals surface area contributed by atoms with E-state index in [0.29, 0.717) is 38.7 Å². The predicted octanol–water partition coefficient (Wildman–Crippen LogP) is 2.43. The first-order chi connectivity index (χ1) is 11.5. The van der Waals surface area contributed by atoms with Crippen molar-refractivity contribution in [1.29, 1.82) is 0 Å². The molecule has 0 aromatic heterocycles. The molecule has 2 heterocycles. The van der Waals surface area contributed by atoms with E-state index in [9.17, 15) is 14.7 Å². The largest absolute Gasteiger partial charge is 0.508 e. The van der Waals surface area contributed by atoms with Crippen molar-refractivity contribution < 1.29 is 14.7 Å². The Labute approximate surface area is 142 Å². The van der Waals surface area contributed by atoms with Gasteiger partial charge >= 0.3 is 0 Å². The Balaban J connectivity index is 1.88. The van der Waals surface area contributed by atoms with Gasteiger partial charge in [0.2, 0.25) is 0 Å². The first-order valence-electron chi connectivity index (χ1n) is 7.21. The number of phenols is 1. The molecule has 0 radical (unpaired) electrons. The third-order valence-electron chi connectivity index (χ3n) is 3.97. The van der Waals surface area contributed by atoms with Crippen molar-refractivity contribution in [2.24, 2.45) is 0 Å². The number of phenolic OH excluding ortho intramolecular Hbond substituents is 1. The maximum Gasteiger partial charge on any atom is 0.258 e. The lowest BCUT2D eigenvalue weighted by molar-refractivity contribution is -0.117. The fraction of sp³-hybridized carbons (Fsp3) is 0. The van der Waals surface area contributed by atoms with Gasteiger partial charge in [-0.15, -0.1) is 0 Å². The summed E-state index contributed by atoms with van der Waals surface area (Å²) in [6.07, 6.45) is 0. The lowest BCUT2D eigenvalue weighted by Gasteiger charge is -2.07. The average molecular weight is 339 g/mol. The van der Waals surface area contributed by atoms with Gasteiger partial charge in [0.05, 0.1) is 22.5 Å². The quantitative estimate of drug-likeness (QED) is 0.787. The van der Waals surface area contributed by atoms with Gasteiger partial charge in [-0.05, 0) is 47.5 Å². The summed E-state index contributed by atoms with van der Waals surface area (Å²) in [7, 11) is 0. The molecule has 2 aromatic carbocycles. The Morgan fingerprint density at radius 3 is 1.58 bits per heavy atom. The highest BCUT2D eigenvalue weighted by Gasteiger charge is 2.40. The van der Waals surface area contributed by atoms with Gasteiger partial charge in [0, 0.05) is 5.02 Å². The van der Waals surface area contributed by atoms with Crippen LogP contribution in [0.5, 0.6) is 5.75 Å². The highest BCUT2D eigenvalue weighted by atomic mass is 35.5. The summed E-state index contributed by atoms with van der Waals surface area (Å²) in [4.78, 5) is 24.8. The van der Waals surface area contributed by atoms with Crippen molar-refractivity contribution in [3.8, 4) is 5.75 Å². The van der Waals surface area contributed by atoms with Gasteiger partial charge in [0.25, 0.3) is 11.8 Å². The maximum atomic E-state index is 12.4. The summed E-state index contributed by atoms with van der Waals surface area (Å²) >= 11 is 5.89. The molecule has 0 saturated carbocycles. The summed E-state index contributed by atoms with van der Waals surface area (Å²) in [6, 6.07) is 13.2. The van der Waals surface area contributed by atoms with Gasteiger partial charge < -0.3 is 15.7 Å². The summed E-state index contributed by atoms with van der Waals surface area (Å²) in [6.45, 7) is 0. The SMILES string of the molecule is O=C1NC(c2ccc(Cl)cc2)=C2C(=O)NC(c3ccc(O)cc3)=C12. The Kier molecular flexibility index (Phi) is 3.18. The first kappa shape index (κ1) is 14.5. The molecule has 0 aliphatic carbocycles. The number of rotatable bonds is 2. The van der Waals surface area contributed by atoms with Crippen LogP contribution in [-0.2, 0) is 9.59 Å². The third kappa shape index (κ3) is 2.18. The second kappa shape index (κ2) is 5.25. The fourth-order valence-corrected chi connectivity index (χ4v) is 2.98. The van der Waals surface area contributed by atoms with Crippen molar-refractivity contribution in [1.82, 2.24) is 10.6 Å². The minimum Gasteiger partial charge on any atom is -0.508 e. The van der Waals surface area contributed by atoms with Crippen LogP contribution in [0.4, 0.5) is 0 Å². The van der Waals surface area contributed by atoms with E-state index in [0.717, 1.165) is 0 Å². The molecule has 24 heavy (non-hydrogen) atoms. The van der Waals surface area contributed by atoms with Crippen molar-refractivity contribution in [2.45, 2.75) is 0 Å². The number of hydrogen-bond acceptors (Lipinski definition) is 3. The van der Waals surface area contributed by atoms with E-state index in [-0.39, 0.29) is 17.6 Å². The van der Waals surface area contributed by atoms with Crippen LogP contribution < -0.4 is 10.6 Å². The van der Waals surface area contributed by atoms with Crippen LogP contribution in [0.3, 0.4) is 0 Å². The second-order valence-corrected chi connectivity index (χ2v) is 5.90. The van der Waals surface area contributed by atoms with Gasteiger partial charge in [-0.25, -0.2) is 0 Å². The Morgan fingerprint density at radius 1 is 0.708 bits per heavy atom. The monoisotopic (exact) mass is 338 g/mol. The number of carbonyl (C=O) groups is 2. The molecule has 4 rings (SSSR count). The molecule has 0 unspecified atom stereocenters. The van der Waals surface area contributed by atoms with Crippen molar-refractivity contribution in [2.75, 3.05) is 0 Å². The minimum absolute atomic E-state index is 0.113. The van der Waals surface area contributed by atoms with E-state index in [1.54, 1.807) is 36.4 Å². The van der Waals surface area contributed by atoms with Crippen LogP contribution in [0, 0.1) is 0 Å². The van der Waals surface area contributed by atoms with E-state index in [2.05, 4.69) is 10.6 Å². The topological polar surface area (TPSA) is 78.4 Å². The van der Waals surface area contributed by atoms with Crippen molar-refractivity contribution >= 4 is 34.8 Å². The fourth-order valence-electron chi connectivity index (χ4n) is 2.86. The van der Waals surface area contributed by atoms with Gasteiger partial charge in [-0.3, -0.25) is 9.59 Å². The van der Waals surface area contributed by atoms with Gasteiger partial charge in [0.15, 0.2) is 0 Å². The van der Waals surface area contributed by atoms with Gasteiger partial charge in [-0.2, -0.15) is 0 Å². The van der Waals surface area contributed by atoms with Crippen molar-refractivity contribution in [3.05, 3.63) is 75.8 Å². The van der Waals surface area contributed by atoms with E-state index in [1.165, 1.54) is 12.1 Å². The molecule has 2 aliphatic heterocycles. The number of fused-ring (bicyclic) bond motifs is 1. The van der Waals surface area contributed by atoms with Crippen LogP contribution in [0.2, 0.25) is 5.02 Å². The van der Waals surface area contributed by atoms with Crippen LogP contribution in [0.1, 0.15) is 11.1 Å². The summed E-state index contributed by atoms with van der Waals surface area (Å²) in [5.74, 6) is -0.560. The molecule has 5 nitrogen and oxygen atoms in total. The molecule has 0 saturated heterocycles. The average Bonchev–Trinajstić information content (AvgIpc) is 3.08. The number of amides is 2. The highest BCUT2D eigenvalue weighted by Crippen LogP contribution is 2.37. The second-order valence-electron chi connectivity index (χ2n) is 5.46. The van der Waals surface area contributed by atoms with Gasteiger partial charge in [-0.1, -0.05) is 23.7 Å². The lowest BCUT2D eigenvalue weighted by Crippen LogP contribution is -2.21. The number of aromatic hydroxyl groups is 1. The number of nitrogens with one attached hydrogen (secondary N) is 2. The Hall–Kier alpha value is -3.05. The van der Waals surface area contributed by atoms with E-state index in [4.69, 9.17) is 11.6 Å². The summed E-state index contributed by atoms with van der Waals surface area (Å²) in [5, 5.41) is 15.5. The van der Waals surface area contributed by atoms with E-state index >= 15 is 0 Å². The molecular weight excluding hydrogens is 328 g/mol. The number of halogens is 1. The normalized spacial score (nSPS) is 16.4. The number of benzene rings is 2. The first-order valence-corrected chi connectivity index (χ1v) is 7.59. The van der Waals surface area contributed by atoms with E-state index in [1.807, 2.05) is 0 Å². The van der Waals surface area contributed by atoms with Crippen LogP contribution in [-0.4, -0.2) is 16.9 Å². The molecule has 0 atom stereocenters. The number of hydrogen-bond donors (Lipinski definition) is 3. The molecule has 0 bridgehead atoms. The van der Waals surface area contributed by atoms with Crippen LogP contribution in [0.25, 0.3) is 11.4 Å². The molecule has 2 aliphatic rings. The predicted molar refractivity (Wildman–Crippen MR) is 89.7 cm³/mol. The molecule has 2 aromatic rings. The highest BCUT2D eigenvalue weighted by molar-refractivity contribution is 6.31. The molecule has 0 fully saturated rings. The molecular formula is C18H11ClN2O3. The summed E-state index contributed by atoms with van der Waals surface area (Å²) < 4.78 is 0. The lowest BCUT2D eigenvalue weighted by atomic mass is 10.0. The zero-order valence-corrected chi connectivity index (χ0v) is 13.0. The molecule has 3 N–H and O–H groups in total. The van der Waals surface area contributed by atoms with Crippen LogP contribution in [0.15, 0.2) is 59.7 Å². The molecule has 2 amide bonds. The number of carbonyl (C=O) groups excluding carboxylic acids is 2. The Morgan fingerprint density at radius 2 is 1.12 bits per heavy atom.